The smallest absolute Gasteiger partial charge is 0.0601 e. The zero-order valence-electron chi connectivity index (χ0n) is 12.0. The highest BCUT2D eigenvalue weighted by Crippen LogP contribution is 2.33. The molecule has 104 valence electrons. The largest absolute Gasteiger partial charge is 0.320 e. The molecule has 2 heteroatoms. The van der Waals surface area contributed by atoms with Gasteiger partial charge in [-0.1, -0.05) is 43.3 Å². The molecule has 1 aromatic rings. The molecule has 2 unspecified atom stereocenters. The van der Waals surface area contributed by atoms with Crippen molar-refractivity contribution in [2.24, 2.45) is 5.73 Å². The van der Waals surface area contributed by atoms with Crippen molar-refractivity contribution < 1.29 is 0 Å². The lowest BCUT2D eigenvalue weighted by Crippen LogP contribution is -2.55. The van der Waals surface area contributed by atoms with Crippen molar-refractivity contribution in [1.29, 1.82) is 0 Å². The van der Waals surface area contributed by atoms with E-state index in [0.717, 1.165) is 12.8 Å². The predicted octanol–water partition coefficient (Wildman–Crippen LogP) is 3.29. The molecule has 0 saturated carbocycles. The van der Waals surface area contributed by atoms with E-state index in [1.54, 1.807) is 0 Å². The van der Waals surface area contributed by atoms with E-state index in [9.17, 15) is 0 Å². The van der Waals surface area contributed by atoms with Gasteiger partial charge in [0.1, 0.15) is 0 Å². The molecular weight excluding hydrogens is 232 g/mol. The van der Waals surface area contributed by atoms with Gasteiger partial charge in [-0.2, -0.15) is 0 Å². The number of rotatable bonds is 6. The molecule has 1 aliphatic rings. The first-order chi connectivity index (χ1) is 9.22. The summed E-state index contributed by atoms with van der Waals surface area (Å²) in [6.07, 6.45) is 6.47. The minimum absolute atomic E-state index is 0.317. The molecule has 0 spiro atoms. The lowest BCUT2D eigenvalue weighted by Gasteiger charge is -2.42. The molecule has 0 amide bonds. The molecule has 2 N–H and O–H groups in total. The third-order valence-corrected chi connectivity index (χ3v) is 4.36. The van der Waals surface area contributed by atoms with E-state index in [0.29, 0.717) is 6.04 Å². The fraction of sp³-hybridized carbons (Fsp3) is 0.529. The van der Waals surface area contributed by atoms with E-state index >= 15 is 0 Å². The van der Waals surface area contributed by atoms with Crippen molar-refractivity contribution in [3.8, 4) is 0 Å². The highest BCUT2D eigenvalue weighted by molar-refractivity contribution is 5.27. The van der Waals surface area contributed by atoms with Gasteiger partial charge in [0, 0.05) is 6.04 Å². The fourth-order valence-corrected chi connectivity index (χ4v) is 3.44. The maximum absolute atomic E-state index is 6.85. The van der Waals surface area contributed by atoms with E-state index in [-0.39, 0.29) is 5.54 Å². The van der Waals surface area contributed by atoms with Crippen LogP contribution < -0.4 is 5.73 Å². The van der Waals surface area contributed by atoms with Gasteiger partial charge in [-0.25, -0.2) is 0 Å². The van der Waals surface area contributed by atoms with E-state index in [2.05, 4.69) is 48.7 Å². The molecule has 1 fully saturated rings. The minimum atomic E-state index is -0.317. The number of nitrogens with two attached hydrogens (primary N) is 1. The molecule has 0 aromatic heterocycles. The van der Waals surface area contributed by atoms with Gasteiger partial charge >= 0.3 is 0 Å². The van der Waals surface area contributed by atoms with Crippen LogP contribution in [0.3, 0.4) is 0 Å². The van der Waals surface area contributed by atoms with Crippen molar-refractivity contribution in [2.45, 2.75) is 44.2 Å². The second-order valence-electron chi connectivity index (χ2n) is 5.57. The van der Waals surface area contributed by atoms with Gasteiger partial charge < -0.3 is 5.73 Å². The van der Waals surface area contributed by atoms with Crippen molar-refractivity contribution in [3.05, 3.63) is 48.6 Å². The topological polar surface area (TPSA) is 29.3 Å². The molecule has 2 atom stereocenters. The third-order valence-electron chi connectivity index (χ3n) is 4.36. The Morgan fingerprint density at radius 3 is 2.47 bits per heavy atom. The third kappa shape index (κ3) is 2.90. The summed E-state index contributed by atoms with van der Waals surface area (Å²) in [6.45, 7) is 8.53. The van der Waals surface area contributed by atoms with Crippen LogP contribution in [0.2, 0.25) is 0 Å². The van der Waals surface area contributed by atoms with Crippen molar-refractivity contribution in [3.63, 3.8) is 0 Å². The van der Waals surface area contributed by atoms with E-state index in [1.807, 2.05) is 6.08 Å². The molecule has 1 heterocycles. The van der Waals surface area contributed by atoms with Crippen LogP contribution in [0.25, 0.3) is 0 Å². The molecule has 1 saturated heterocycles. The van der Waals surface area contributed by atoms with Crippen LogP contribution in [0.5, 0.6) is 0 Å². The van der Waals surface area contributed by atoms with Gasteiger partial charge in [-0.05, 0) is 44.3 Å². The zero-order chi connectivity index (χ0) is 13.7. The van der Waals surface area contributed by atoms with Crippen LogP contribution in [-0.4, -0.2) is 24.0 Å². The van der Waals surface area contributed by atoms with Gasteiger partial charge in [0.15, 0.2) is 0 Å². The summed E-state index contributed by atoms with van der Waals surface area (Å²) < 4.78 is 0. The standard InChI is InChI=1S/C17H26N2/c1-3-12-17(18,15-10-6-5-7-11-15)16(4-2)19-13-8-9-14-19/h3,5-7,10-11,16H,1,4,8-9,12-14,18H2,2H3. The van der Waals surface area contributed by atoms with Gasteiger partial charge in [0.25, 0.3) is 0 Å². The summed E-state index contributed by atoms with van der Waals surface area (Å²) in [5, 5.41) is 0. The predicted molar refractivity (Wildman–Crippen MR) is 82.0 cm³/mol. The lowest BCUT2D eigenvalue weighted by molar-refractivity contribution is 0.141. The first-order valence-corrected chi connectivity index (χ1v) is 7.41. The SMILES string of the molecule is C=CCC(N)(c1ccccc1)C(CC)N1CCCC1. The summed E-state index contributed by atoms with van der Waals surface area (Å²) in [6, 6.07) is 10.9. The molecule has 0 bridgehead atoms. The van der Waals surface area contributed by atoms with Crippen LogP contribution in [-0.2, 0) is 5.54 Å². The van der Waals surface area contributed by atoms with Gasteiger partial charge in [-0.15, -0.1) is 6.58 Å². The highest BCUT2D eigenvalue weighted by atomic mass is 15.2. The summed E-state index contributed by atoms with van der Waals surface area (Å²) >= 11 is 0. The monoisotopic (exact) mass is 258 g/mol. The zero-order valence-corrected chi connectivity index (χ0v) is 12.0. The fourth-order valence-electron chi connectivity index (χ4n) is 3.44. The summed E-state index contributed by atoms with van der Waals surface area (Å²) in [7, 11) is 0. The molecule has 19 heavy (non-hydrogen) atoms. The Balaban J connectivity index is 2.33. The first-order valence-electron chi connectivity index (χ1n) is 7.41. The van der Waals surface area contributed by atoms with Crippen LogP contribution in [0, 0.1) is 0 Å². The summed E-state index contributed by atoms with van der Waals surface area (Å²) in [4.78, 5) is 2.57. The quantitative estimate of drug-likeness (QED) is 0.793. The minimum Gasteiger partial charge on any atom is -0.320 e. The number of benzene rings is 1. The second-order valence-corrected chi connectivity index (χ2v) is 5.57. The van der Waals surface area contributed by atoms with Crippen LogP contribution in [0.4, 0.5) is 0 Å². The lowest BCUT2D eigenvalue weighted by atomic mass is 9.79. The maximum atomic E-state index is 6.85. The van der Waals surface area contributed by atoms with Gasteiger partial charge in [0.05, 0.1) is 5.54 Å². The average molecular weight is 258 g/mol. The molecule has 2 rings (SSSR count). The molecule has 1 aliphatic heterocycles. The average Bonchev–Trinajstić information content (AvgIpc) is 2.95. The van der Waals surface area contributed by atoms with E-state index in [1.165, 1.54) is 31.5 Å². The second kappa shape index (κ2) is 6.36. The van der Waals surface area contributed by atoms with Crippen molar-refractivity contribution in [2.75, 3.05) is 13.1 Å². The number of hydrogen-bond acceptors (Lipinski definition) is 2. The first kappa shape index (κ1) is 14.3. The van der Waals surface area contributed by atoms with E-state index < -0.39 is 0 Å². The number of likely N-dealkylation sites (tertiary alicyclic amines) is 1. The van der Waals surface area contributed by atoms with Crippen molar-refractivity contribution in [1.82, 2.24) is 4.90 Å². The molecule has 0 aliphatic carbocycles. The van der Waals surface area contributed by atoms with Gasteiger partial charge in [0.2, 0.25) is 0 Å². The Morgan fingerprint density at radius 1 is 1.32 bits per heavy atom. The Bertz CT molecular complexity index is 395. The van der Waals surface area contributed by atoms with Crippen LogP contribution in [0.15, 0.2) is 43.0 Å². The van der Waals surface area contributed by atoms with Crippen LogP contribution in [0.1, 0.15) is 38.2 Å². The number of nitrogens with zero attached hydrogens (tertiary/aromatic N) is 1. The Kier molecular flexibility index (Phi) is 4.78. The Hall–Kier alpha value is -1.12. The molecular formula is C17H26N2. The normalized spacial score (nSPS) is 20.9. The van der Waals surface area contributed by atoms with Crippen LogP contribution >= 0.6 is 0 Å². The maximum Gasteiger partial charge on any atom is 0.0601 e. The Labute approximate surface area is 117 Å². The molecule has 1 aromatic carbocycles. The van der Waals surface area contributed by atoms with Gasteiger partial charge in [-0.3, -0.25) is 4.90 Å². The van der Waals surface area contributed by atoms with E-state index in [4.69, 9.17) is 5.73 Å². The highest BCUT2D eigenvalue weighted by Gasteiger charge is 2.38. The summed E-state index contributed by atoms with van der Waals surface area (Å²) in [5.74, 6) is 0. The van der Waals surface area contributed by atoms with Crippen molar-refractivity contribution >= 4 is 0 Å². The Morgan fingerprint density at radius 2 is 1.95 bits per heavy atom. The summed E-state index contributed by atoms with van der Waals surface area (Å²) in [5.41, 5.74) is 7.76. The molecule has 2 nitrogen and oxygen atoms in total. The number of hydrogen-bond donors (Lipinski definition) is 1. The molecule has 0 radical (unpaired) electrons.